The molecule has 1 aromatic heterocycles. The van der Waals surface area contributed by atoms with Gasteiger partial charge in [-0.3, -0.25) is 19.2 Å². The average molecular weight is 801 g/mol. The van der Waals surface area contributed by atoms with Gasteiger partial charge in [0.25, 0.3) is 0 Å². The van der Waals surface area contributed by atoms with Crippen LogP contribution < -0.4 is 21.3 Å². The Hall–Kier alpha value is -3.64. The van der Waals surface area contributed by atoms with Gasteiger partial charge in [0.15, 0.2) is 0 Å². The van der Waals surface area contributed by atoms with Crippen LogP contribution in [0.25, 0.3) is 0 Å². The van der Waals surface area contributed by atoms with Gasteiger partial charge in [-0.25, -0.2) is 9.59 Å². The van der Waals surface area contributed by atoms with E-state index < -0.39 is 18.0 Å². The Bertz CT molecular complexity index is 1230. The van der Waals surface area contributed by atoms with Gasteiger partial charge in [0.05, 0.1) is 39.6 Å². The summed E-state index contributed by atoms with van der Waals surface area (Å²) >= 11 is 1.35. The fourth-order valence-electron chi connectivity index (χ4n) is 5.18. The summed E-state index contributed by atoms with van der Waals surface area (Å²) in [6.45, 7) is 4.43. The Morgan fingerprint density at radius 2 is 1.11 bits per heavy atom. The quantitative estimate of drug-likeness (QED) is 0.0532. The molecule has 0 unspecified atom stereocenters. The first-order valence-corrected chi connectivity index (χ1v) is 20.4. The third-order valence-electron chi connectivity index (χ3n) is 8.16. The summed E-state index contributed by atoms with van der Waals surface area (Å²) in [5.41, 5.74) is 0. The summed E-state index contributed by atoms with van der Waals surface area (Å²) in [4.78, 5) is 71.8. The van der Waals surface area contributed by atoms with Crippen LogP contribution in [0.2, 0.25) is 0 Å². The second kappa shape index (κ2) is 33.7. The molecule has 6 N–H and O–H groups in total. The minimum atomic E-state index is -1.18. The number of hydrogen-bond donors (Lipinski definition) is 6. The smallest absolute Gasteiger partial charge is 0.345 e. The lowest BCUT2D eigenvalue weighted by atomic mass is 10.0. The number of thiophene rings is 1. The van der Waals surface area contributed by atoms with Crippen LogP contribution in [0.1, 0.15) is 111 Å². The number of rotatable bonds is 37. The van der Waals surface area contributed by atoms with Gasteiger partial charge >= 0.3 is 11.9 Å². The predicted octanol–water partition coefficient (Wildman–Crippen LogP) is 3.45. The van der Waals surface area contributed by atoms with Gasteiger partial charge in [0.2, 0.25) is 23.6 Å². The molecule has 1 atom stereocenters. The lowest BCUT2D eigenvalue weighted by Crippen LogP contribution is -2.41. The fraction of sp³-hybridized carbons (Fsp3) is 0.737. The molecule has 16 nitrogen and oxygen atoms in total. The van der Waals surface area contributed by atoms with E-state index >= 15 is 0 Å². The minimum Gasteiger partial charge on any atom is -0.480 e. The molecule has 1 aromatic rings. The maximum Gasteiger partial charge on any atom is 0.345 e. The number of hydrogen-bond acceptors (Lipinski definition) is 11. The van der Waals surface area contributed by atoms with E-state index in [9.17, 15) is 33.9 Å². The van der Waals surface area contributed by atoms with Gasteiger partial charge in [0.1, 0.15) is 24.1 Å². The first kappa shape index (κ1) is 49.4. The molecule has 0 saturated heterocycles. The maximum atomic E-state index is 12.3. The van der Waals surface area contributed by atoms with Crippen LogP contribution in [-0.2, 0) is 49.3 Å². The highest BCUT2D eigenvalue weighted by atomic mass is 32.1. The fourth-order valence-corrected chi connectivity index (χ4v) is 6.06. The zero-order valence-corrected chi connectivity index (χ0v) is 33.3. The van der Waals surface area contributed by atoms with E-state index in [4.69, 9.17) is 24.1 Å². The van der Waals surface area contributed by atoms with Crippen LogP contribution in [0.4, 0.5) is 0 Å². The average Bonchev–Trinajstić information content (AvgIpc) is 3.64. The van der Waals surface area contributed by atoms with E-state index in [1.54, 1.807) is 6.07 Å². The van der Waals surface area contributed by atoms with Crippen molar-refractivity contribution in [3.63, 3.8) is 0 Å². The molecule has 17 heteroatoms. The maximum absolute atomic E-state index is 12.3. The van der Waals surface area contributed by atoms with Crippen molar-refractivity contribution in [1.29, 1.82) is 0 Å². The number of aryl methyl sites for hydroxylation is 1. The molecule has 0 saturated carbocycles. The molecule has 4 amide bonds. The molecule has 0 aliphatic heterocycles. The van der Waals surface area contributed by atoms with E-state index in [2.05, 4.69) is 21.3 Å². The van der Waals surface area contributed by atoms with E-state index in [-0.39, 0.29) is 89.1 Å². The summed E-state index contributed by atoms with van der Waals surface area (Å²) in [7, 11) is 0. The number of aromatic carboxylic acids is 1. The lowest BCUT2D eigenvalue weighted by molar-refractivity contribution is -0.142. The standard InChI is InChI=1S/C38H64N4O12S/c1-2-19-39-35(45)28-53-26-25-52-23-21-41-36(46)29-54-27-24-51-22-20-40-33(43)18-16-31(37(47)48)42-34(44)14-12-10-8-6-4-3-5-7-9-11-13-30-15-17-32(55-30)38(49)50/h15,17,31H,2-14,16,18-29H2,1H3,(H,39,45)(H,40,43)(H,41,46)(H,42,44)(H,47,48)(H,49,50)/t31-/m0/s1. The second-order valence-electron chi connectivity index (χ2n) is 13.0. The largest absolute Gasteiger partial charge is 0.480 e. The summed E-state index contributed by atoms with van der Waals surface area (Å²) in [5.74, 6) is -3.20. The molecule has 1 heterocycles. The number of amides is 4. The summed E-state index contributed by atoms with van der Waals surface area (Å²) in [6, 6.07) is 2.43. The zero-order chi connectivity index (χ0) is 40.4. The number of aliphatic carboxylic acids is 1. The van der Waals surface area contributed by atoms with E-state index in [0.29, 0.717) is 37.6 Å². The van der Waals surface area contributed by atoms with Gasteiger partial charge in [-0.2, -0.15) is 0 Å². The van der Waals surface area contributed by atoms with Gasteiger partial charge < -0.3 is 50.4 Å². The molecule has 0 spiro atoms. The predicted molar refractivity (Wildman–Crippen MR) is 207 cm³/mol. The third kappa shape index (κ3) is 29.3. The molecular weight excluding hydrogens is 737 g/mol. The molecule has 0 aliphatic carbocycles. The Labute approximate surface area is 329 Å². The normalized spacial score (nSPS) is 11.5. The molecule has 0 aliphatic rings. The molecule has 0 aromatic carbocycles. The molecule has 1 rings (SSSR count). The number of carboxylic acids is 2. The number of carbonyl (C=O) groups is 6. The van der Waals surface area contributed by atoms with Gasteiger partial charge in [0, 0.05) is 37.4 Å². The minimum absolute atomic E-state index is 0.0148. The van der Waals surface area contributed by atoms with Crippen LogP contribution in [0.15, 0.2) is 12.1 Å². The molecule has 0 fully saturated rings. The van der Waals surface area contributed by atoms with E-state index in [1.165, 1.54) is 30.6 Å². The highest BCUT2D eigenvalue weighted by Crippen LogP contribution is 2.19. The Morgan fingerprint density at radius 1 is 0.600 bits per heavy atom. The second-order valence-corrected chi connectivity index (χ2v) is 14.2. The van der Waals surface area contributed by atoms with Crippen molar-refractivity contribution in [3.05, 3.63) is 21.9 Å². The van der Waals surface area contributed by atoms with Crippen LogP contribution >= 0.6 is 11.3 Å². The SMILES string of the molecule is CCCNC(=O)COCCOCCNC(=O)COCCOCCNC(=O)CC[C@H](NC(=O)CCCCCCCCCCCCc1ccc(C(=O)O)s1)C(=O)O. The van der Waals surface area contributed by atoms with Crippen molar-refractivity contribution >= 4 is 46.9 Å². The first-order valence-electron chi connectivity index (χ1n) is 19.6. The molecule has 0 radical (unpaired) electrons. The monoisotopic (exact) mass is 800 g/mol. The Kier molecular flexibility index (Phi) is 30.2. The molecule has 314 valence electrons. The Morgan fingerprint density at radius 3 is 1.64 bits per heavy atom. The zero-order valence-electron chi connectivity index (χ0n) is 32.5. The summed E-state index contributed by atoms with van der Waals surface area (Å²) in [5, 5.41) is 29.0. The number of unbranched alkanes of at least 4 members (excludes halogenated alkanes) is 9. The van der Waals surface area contributed by atoms with Crippen LogP contribution in [0.3, 0.4) is 0 Å². The number of ether oxygens (including phenoxy) is 4. The molecule has 55 heavy (non-hydrogen) atoms. The van der Waals surface area contributed by atoms with Crippen molar-refractivity contribution in [1.82, 2.24) is 21.3 Å². The van der Waals surface area contributed by atoms with Gasteiger partial charge in [-0.15, -0.1) is 11.3 Å². The summed E-state index contributed by atoms with van der Waals surface area (Å²) < 4.78 is 21.2. The topological polar surface area (TPSA) is 228 Å². The highest BCUT2D eigenvalue weighted by Gasteiger charge is 2.20. The van der Waals surface area contributed by atoms with Crippen LogP contribution in [-0.4, -0.2) is 124 Å². The lowest BCUT2D eigenvalue weighted by Gasteiger charge is -2.14. The Balaban J connectivity index is 1.93. The summed E-state index contributed by atoms with van der Waals surface area (Å²) in [6.07, 6.45) is 12.5. The van der Waals surface area contributed by atoms with Gasteiger partial charge in [-0.1, -0.05) is 58.3 Å². The van der Waals surface area contributed by atoms with Crippen molar-refractivity contribution in [2.45, 2.75) is 109 Å². The van der Waals surface area contributed by atoms with Crippen molar-refractivity contribution in [2.24, 2.45) is 0 Å². The number of nitrogens with one attached hydrogen (secondary N) is 4. The first-order chi connectivity index (χ1) is 26.6. The van der Waals surface area contributed by atoms with E-state index in [1.807, 2.05) is 13.0 Å². The number of carboxylic acid groups (broad SMARTS) is 2. The van der Waals surface area contributed by atoms with Crippen molar-refractivity contribution < 1.29 is 57.9 Å². The highest BCUT2D eigenvalue weighted by molar-refractivity contribution is 7.13. The third-order valence-corrected chi connectivity index (χ3v) is 9.30. The van der Waals surface area contributed by atoms with Crippen LogP contribution in [0.5, 0.6) is 0 Å². The van der Waals surface area contributed by atoms with E-state index in [0.717, 1.165) is 56.2 Å². The molecule has 0 bridgehead atoms. The van der Waals surface area contributed by atoms with Gasteiger partial charge in [-0.05, 0) is 44.2 Å². The van der Waals surface area contributed by atoms with Crippen molar-refractivity contribution in [3.8, 4) is 0 Å². The van der Waals surface area contributed by atoms with Crippen molar-refractivity contribution in [2.75, 3.05) is 72.5 Å². The number of carbonyl (C=O) groups excluding carboxylic acids is 4. The van der Waals surface area contributed by atoms with Crippen LogP contribution in [0, 0.1) is 0 Å². The molecular formula is C38H64N4O12S.